The lowest BCUT2D eigenvalue weighted by molar-refractivity contribution is -0.158. The fraction of sp³-hybridized carbons (Fsp3) is 0.312. The number of nitrogens with zero attached hydrogens (tertiary/aromatic N) is 2. The molecule has 3 rings (SSSR count). The maximum Gasteiger partial charge on any atom is 0.325 e. The number of hydrogen-bond acceptors (Lipinski definition) is 6. The standard InChI is InChI=1S/C16H14N2O6/c1-24-13(20)8-17-12(19)7-6-11(16(17)23)18-14(21)9-4-2-3-5-10(9)15(18)22/h2-5,11H,6-8H2,1H3/t11-/m1/s1. The molecule has 0 bridgehead atoms. The minimum absolute atomic E-state index is 0.0409. The number of esters is 1. The van der Waals surface area contributed by atoms with Gasteiger partial charge in [0.1, 0.15) is 12.6 Å². The van der Waals surface area contributed by atoms with Crippen LogP contribution in [0, 0.1) is 0 Å². The Morgan fingerprint density at radius 1 is 1.12 bits per heavy atom. The number of carbonyl (C=O) groups is 5. The van der Waals surface area contributed by atoms with Crippen LogP contribution in [0.2, 0.25) is 0 Å². The zero-order chi connectivity index (χ0) is 17.4. The van der Waals surface area contributed by atoms with Crippen LogP contribution < -0.4 is 0 Å². The summed E-state index contributed by atoms with van der Waals surface area (Å²) >= 11 is 0. The first-order valence-corrected chi connectivity index (χ1v) is 7.33. The van der Waals surface area contributed by atoms with Crippen LogP contribution in [0.4, 0.5) is 0 Å². The number of benzene rings is 1. The second kappa shape index (κ2) is 5.88. The Labute approximate surface area is 137 Å². The first-order chi connectivity index (χ1) is 11.5. The van der Waals surface area contributed by atoms with Gasteiger partial charge in [0, 0.05) is 6.42 Å². The Morgan fingerprint density at radius 2 is 1.71 bits per heavy atom. The normalized spacial score (nSPS) is 20.5. The highest BCUT2D eigenvalue weighted by Gasteiger charge is 2.47. The molecular weight excluding hydrogens is 316 g/mol. The average molecular weight is 330 g/mol. The lowest BCUT2D eigenvalue weighted by Gasteiger charge is -2.33. The van der Waals surface area contributed by atoms with Gasteiger partial charge in [0.2, 0.25) is 5.91 Å². The van der Waals surface area contributed by atoms with Gasteiger partial charge in [-0.3, -0.25) is 33.8 Å². The molecule has 0 radical (unpaired) electrons. The fourth-order valence-corrected chi connectivity index (χ4v) is 2.91. The van der Waals surface area contributed by atoms with Crippen LogP contribution >= 0.6 is 0 Å². The summed E-state index contributed by atoms with van der Waals surface area (Å²) in [5.74, 6) is -3.16. The Hall–Kier alpha value is -3.03. The summed E-state index contributed by atoms with van der Waals surface area (Å²) in [6.07, 6.45) is 0.00160. The molecule has 4 amide bonds. The van der Waals surface area contributed by atoms with Crippen molar-refractivity contribution in [3.05, 3.63) is 35.4 Å². The van der Waals surface area contributed by atoms with Crippen molar-refractivity contribution in [1.82, 2.24) is 9.80 Å². The van der Waals surface area contributed by atoms with Crippen molar-refractivity contribution in [2.45, 2.75) is 18.9 Å². The Morgan fingerprint density at radius 3 is 2.25 bits per heavy atom. The summed E-state index contributed by atoms with van der Waals surface area (Å²) in [6.45, 7) is -0.534. The van der Waals surface area contributed by atoms with E-state index in [0.717, 1.165) is 16.9 Å². The summed E-state index contributed by atoms with van der Waals surface area (Å²) < 4.78 is 4.47. The van der Waals surface area contributed by atoms with E-state index in [4.69, 9.17) is 0 Å². The van der Waals surface area contributed by atoms with Gasteiger partial charge in [0.05, 0.1) is 18.2 Å². The molecule has 124 valence electrons. The molecule has 1 fully saturated rings. The van der Waals surface area contributed by atoms with Crippen molar-refractivity contribution in [3.8, 4) is 0 Å². The summed E-state index contributed by atoms with van der Waals surface area (Å²) in [7, 11) is 1.14. The monoisotopic (exact) mass is 330 g/mol. The van der Waals surface area contributed by atoms with Gasteiger partial charge >= 0.3 is 5.97 Å². The molecule has 1 aromatic carbocycles. The van der Waals surface area contributed by atoms with E-state index < -0.39 is 42.2 Å². The van der Waals surface area contributed by atoms with Crippen LogP contribution in [0.3, 0.4) is 0 Å². The van der Waals surface area contributed by atoms with E-state index in [0.29, 0.717) is 0 Å². The molecule has 1 atom stereocenters. The van der Waals surface area contributed by atoms with Crippen molar-refractivity contribution in [2.75, 3.05) is 13.7 Å². The molecule has 0 aliphatic carbocycles. The molecule has 1 saturated heterocycles. The quantitative estimate of drug-likeness (QED) is 0.570. The third-order valence-electron chi connectivity index (χ3n) is 4.14. The number of rotatable bonds is 3. The maximum absolute atomic E-state index is 12.6. The molecule has 0 saturated carbocycles. The highest BCUT2D eigenvalue weighted by atomic mass is 16.5. The Bertz CT molecular complexity index is 737. The predicted octanol–water partition coefficient (Wildman–Crippen LogP) is -0.0268. The average Bonchev–Trinajstić information content (AvgIpc) is 2.83. The molecule has 24 heavy (non-hydrogen) atoms. The van der Waals surface area contributed by atoms with Gasteiger partial charge < -0.3 is 4.74 Å². The molecule has 2 aliphatic rings. The van der Waals surface area contributed by atoms with Gasteiger partial charge in [-0.15, -0.1) is 0 Å². The summed E-state index contributed by atoms with van der Waals surface area (Å²) in [6, 6.07) is 5.19. The number of piperidine rings is 1. The van der Waals surface area contributed by atoms with E-state index in [9.17, 15) is 24.0 Å². The van der Waals surface area contributed by atoms with Crippen molar-refractivity contribution < 1.29 is 28.7 Å². The van der Waals surface area contributed by atoms with Gasteiger partial charge in [-0.25, -0.2) is 0 Å². The number of carbonyl (C=O) groups excluding carboxylic acids is 5. The van der Waals surface area contributed by atoms with Gasteiger partial charge in [-0.1, -0.05) is 12.1 Å². The zero-order valence-electron chi connectivity index (χ0n) is 12.9. The van der Waals surface area contributed by atoms with Crippen molar-refractivity contribution >= 4 is 29.6 Å². The van der Waals surface area contributed by atoms with E-state index in [-0.39, 0.29) is 24.0 Å². The van der Waals surface area contributed by atoms with Crippen molar-refractivity contribution in [2.24, 2.45) is 0 Å². The summed E-state index contributed by atoms with van der Waals surface area (Å²) in [5, 5.41) is 0. The predicted molar refractivity (Wildman–Crippen MR) is 78.7 cm³/mol. The molecule has 2 aliphatic heterocycles. The molecule has 8 heteroatoms. The third kappa shape index (κ3) is 2.36. The number of likely N-dealkylation sites (tertiary alicyclic amines) is 1. The first kappa shape index (κ1) is 15.9. The molecule has 0 spiro atoms. The van der Waals surface area contributed by atoms with Crippen molar-refractivity contribution in [3.63, 3.8) is 0 Å². The zero-order valence-corrected chi connectivity index (χ0v) is 12.9. The number of imide groups is 2. The summed E-state index contributed by atoms with van der Waals surface area (Å²) in [5.41, 5.74) is 0.457. The molecule has 8 nitrogen and oxygen atoms in total. The van der Waals surface area contributed by atoms with Crippen LogP contribution in [-0.4, -0.2) is 59.1 Å². The minimum atomic E-state index is -1.10. The van der Waals surface area contributed by atoms with Crippen LogP contribution in [0.1, 0.15) is 33.6 Å². The van der Waals surface area contributed by atoms with Gasteiger partial charge in [0.15, 0.2) is 0 Å². The van der Waals surface area contributed by atoms with Crippen LogP contribution in [0.25, 0.3) is 0 Å². The second-order valence-corrected chi connectivity index (χ2v) is 5.47. The molecule has 0 aromatic heterocycles. The Balaban J connectivity index is 1.89. The van der Waals surface area contributed by atoms with Crippen LogP contribution in [-0.2, 0) is 19.1 Å². The molecule has 1 aromatic rings. The van der Waals surface area contributed by atoms with E-state index >= 15 is 0 Å². The minimum Gasteiger partial charge on any atom is -0.468 e. The SMILES string of the molecule is COC(=O)CN1C(=O)CC[C@@H](N2C(=O)c3ccccc3C2=O)C1=O. The second-order valence-electron chi connectivity index (χ2n) is 5.47. The van der Waals surface area contributed by atoms with Gasteiger partial charge in [-0.2, -0.15) is 0 Å². The van der Waals surface area contributed by atoms with Gasteiger partial charge in [0.25, 0.3) is 17.7 Å². The van der Waals surface area contributed by atoms with E-state index in [1.54, 1.807) is 12.1 Å². The van der Waals surface area contributed by atoms with Crippen LogP contribution in [0.15, 0.2) is 24.3 Å². The van der Waals surface area contributed by atoms with E-state index in [2.05, 4.69) is 4.74 Å². The lowest BCUT2D eigenvalue weighted by atomic mass is 10.0. The first-order valence-electron chi connectivity index (χ1n) is 7.33. The molecule has 0 unspecified atom stereocenters. The summed E-state index contributed by atoms with van der Waals surface area (Å²) in [4.78, 5) is 62.4. The highest BCUT2D eigenvalue weighted by Crippen LogP contribution is 2.28. The van der Waals surface area contributed by atoms with Crippen molar-refractivity contribution in [1.29, 1.82) is 0 Å². The number of amides is 4. The Kier molecular flexibility index (Phi) is 3.88. The number of methoxy groups -OCH3 is 1. The van der Waals surface area contributed by atoms with Crippen LogP contribution in [0.5, 0.6) is 0 Å². The van der Waals surface area contributed by atoms with Gasteiger partial charge in [-0.05, 0) is 18.6 Å². The largest absolute Gasteiger partial charge is 0.468 e. The van der Waals surface area contributed by atoms with E-state index in [1.165, 1.54) is 12.1 Å². The molecular formula is C16H14N2O6. The number of hydrogen-bond donors (Lipinski definition) is 0. The highest BCUT2D eigenvalue weighted by molar-refractivity contribution is 6.23. The molecule has 2 heterocycles. The smallest absolute Gasteiger partial charge is 0.325 e. The molecule has 0 N–H and O–H groups in total. The number of ether oxygens (including phenoxy) is 1. The fourth-order valence-electron chi connectivity index (χ4n) is 2.91. The van der Waals surface area contributed by atoms with E-state index in [1.807, 2.05) is 0 Å². The number of fused-ring (bicyclic) bond motifs is 1. The third-order valence-corrected chi connectivity index (χ3v) is 4.14. The maximum atomic E-state index is 12.6. The topological polar surface area (TPSA) is 101 Å². The lowest BCUT2D eigenvalue weighted by Crippen LogP contribution is -2.57.